The maximum atomic E-state index is 12.9. The van der Waals surface area contributed by atoms with Crippen molar-refractivity contribution in [3.05, 3.63) is 57.8 Å². The number of carbonyl (C=O) groups excluding carboxylic acids is 1. The van der Waals surface area contributed by atoms with Crippen LogP contribution in [0.4, 0.5) is 17.2 Å². The van der Waals surface area contributed by atoms with Gasteiger partial charge in [0.15, 0.2) is 0 Å². The maximum absolute atomic E-state index is 12.9. The molecule has 174 valence electrons. The second-order valence-corrected chi connectivity index (χ2v) is 8.98. The van der Waals surface area contributed by atoms with Gasteiger partial charge in [-0.3, -0.25) is 19.1 Å². The van der Waals surface area contributed by atoms with Crippen LogP contribution in [0.15, 0.2) is 51.4 Å². The van der Waals surface area contributed by atoms with E-state index in [4.69, 9.17) is 5.73 Å². The first kappa shape index (κ1) is 25.3. The summed E-state index contributed by atoms with van der Waals surface area (Å²) < 4.78 is 1.37. The Hall–Kier alpha value is -2.94. The first-order chi connectivity index (χ1) is 15.3. The number of rotatable bonds is 12. The molecule has 0 fully saturated rings. The molecule has 1 heterocycles. The van der Waals surface area contributed by atoms with Gasteiger partial charge in [0.2, 0.25) is 5.91 Å². The van der Waals surface area contributed by atoms with E-state index in [9.17, 15) is 14.4 Å². The second-order valence-electron chi connectivity index (χ2n) is 7.92. The Bertz CT molecular complexity index is 1040. The van der Waals surface area contributed by atoms with Gasteiger partial charge in [-0.1, -0.05) is 45.4 Å². The Morgan fingerprint density at radius 2 is 2.06 bits per heavy atom. The van der Waals surface area contributed by atoms with Crippen LogP contribution >= 0.6 is 11.8 Å². The summed E-state index contributed by atoms with van der Waals surface area (Å²) in [5, 5.41) is 2.93. The number of hydrogen-bond acceptors (Lipinski definition) is 6. The molecular weight excluding hydrogens is 426 g/mol. The summed E-state index contributed by atoms with van der Waals surface area (Å²) in [6, 6.07) is 7.53. The van der Waals surface area contributed by atoms with Crippen molar-refractivity contribution in [2.75, 3.05) is 34.8 Å². The van der Waals surface area contributed by atoms with Gasteiger partial charge in [-0.05, 0) is 24.5 Å². The highest BCUT2D eigenvalue weighted by atomic mass is 32.2. The molecule has 0 aliphatic rings. The topological polar surface area (TPSA) is 113 Å². The molecule has 0 aliphatic carbocycles. The Morgan fingerprint density at radius 3 is 2.72 bits per heavy atom. The van der Waals surface area contributed by atoms with Gasteiger partial charge in [0.25, 0.3) is 5.56 Å². The van der Waals surface area contributed by atoms with Crippen molar-refractivity contribution >= 4 is 34.9 Å². The van der Waals surface area contributed by atoms with Crippen LogP contribution in [-0.2, 0) is 11.3 Å². The fourth-order valence-electron chi connectivity index (χ4n) is 3.30. The van der Waals surface area contributed by atoms with Gasteiger partial charge in [0, 0.05) is 23.7 Å². The number of benzene rings is 1. The molecule has 1 aromatic carbocycles. The standard InChI is InChI=1S/C23H33N5O3S/c1-5-7-12-28-21(24)20(22(30)26-23(28)31)27(14-16(3)4)15-19(29)25-17-10-8-9-11-18(17)32-13-6-2/h6,8-11,16H,2,5,7,12-15,24H2,1,3-4H3,(H,25,29)(H,26,30,31). The van der Waals surface area contributed by atoms with Crippen LogP contribution < -0.4 is 27.2 Å². The number of aromatic amines is 1. The Balaban J connectivity index is 2.34. The lowest BCUT2D eigenvalue weighted by Gasteiger charge is -2.27. The van der Waals surface area contributed by atoms with Crippen LogP contribution in [0.3, 0.4) is 0 Å². The summed E-state index contributed by atoms with van der Waals surface area (Å²) in [7, 11) is 0. The summed E-state index contributed by atoms with van der Waals surface area (Å²) >= 11 is 1.57. The Morgan fingerprint density at radius 1 is 1.34 bits per heavy atom. The fraction of sp³-hybridized carbons (Fsp3) is 0.435. The Labute approximate surface area is 192 Å². The zero-order valence-corrected chi connectivity index (χ0v) is 19.8. The summed E-state index contributed by atoms with van der Waals surface area (Å²) in [6.07, 6.45) is 3.43. The molecule has 0 saturated heterocycles. The van der Waals surface area contributed by atoms with Crippen molar-refractivity contribution in [1.82, 2.24) is 9.55 Å². The maximum Gasteiger partial charge on any atom is 0.330 e. The van der Waals surface area contributed by atoms with Crippen molar-refractivity contribution in [2.24, 2.45) is 5.92 Å². The van der Waals surface area contributed by atoms with Gasteiger partial charge in [-0.15, -0.1) is 18.3 Å². The third kappa shape index (κ3) is 6.78. The molecule has 32 heavy (non-hydrogen) atoms. The molecule has 0 atom stereocenters. The van der Waals surface area contributed by atoms with E-state index in [2.05, 4.69) is 16.9 Å². The average Bonchev–Trinajstić information content (AvgIpc) is 2.72. The number of unbranched alkanes of at least 4 members (excludes halogenated alkanes) is 1. The lowest BCUT2D eigenvalue weighted by molar-refractivity contribution is -0.115. The predicted octanol–water partition coefficient (Wildman–Crippen LogP) is 3.30. The lowest BCUT2D eigenvalue weighted by atomic mass is 10.2. The van der Waals surface area contributed by atoms with E-state index in [0.29, 0.717) is 18.8 Å². The van der Waals surface area contributed by atoms with Gasteiger partial charge in [-0.25, -0.2) is 4.79 Å². The number of thioether (sulfide) groups is 1. The van der Waals surface area contributed by atoms with E-state index in [-0.39, 0.29) is 29.9 Å². The fourth-order valence-corrected chi connectivity index (χ4v) is 4.05. The van der Waals surface area contributed by atoms with Crippen LogP contribution in [0.1, 0.15) is 33.6 Å². The monoisotopic (exact) mass is 459 g/mol. The minimum Gasteiger partial charge on any atom is -0.383 e. The molecule has 0 radical (unpaired) electrons. The quantitative estimate of drug-likeness (QED) is 0.332. The minimum atomic E-state index is -0.587. The van der Waals surface area contributed by atoms with E-state index in [1.54, 1.807) is 22.7 Å². The van der Waals surface area contributed by atoms with Crippen molar-refractivity contribution in [3.8, 4) is 0 Å². The van der Waals surface area contributed by atoms with Crippen molar-refractivity contribution in [2.45, 2.75) is 45.1 Å². The number of carbonyl (C=O) groups is 1. The molecule has 9 heteroatoms. The van der Waals surface area contributed by atoms with E-state index < -0.39 is 11.2 Å². The molecule has 1 amide bonds. The smallest absolute Gasteiger partial charge is 0.330 e. The van der Waals surface area contributed by atoms with Crippen molar-refractivity contribution in [1.29, 1.82) is 0 Å². The van der Waals surface area contributed by atoms with E-state index in [1.165, 1.54) is 4.57 Å². The number of nitrogens with two attached hydrogens (primary N) is 1. The highest BCUT2D eigenvalue weighted by Gasteiger charge is 2.22. The van der Waals surface area contributed by atoms with Crippen LogP contribution in [0.5, 0.6) is 0 Å². The number of nitrogen functional groups attached to an aromatic ring is 1. The molecule has 0 saturated carbocycles. The average molecular weight is 460 g/mol. The third-order valence-electron chi connectivity index (χ3n) is 4.70. The normalized spacial score (nSPS) is 10.9. The van der Waals surface area contributed by atoms with Crippen LogP contribution in [-0.4, -0.2) is 34.3 Å². The number of nitrogens with one attached hydrogen (secondary N) is 2. The van der Waals surface area contributed by atoms with Gasteiger partial charge < -0.3 is 16.0 Å². The van der Waals surface area contributed by atoms with Gasteiger partial charge >= 0.3 is 5.69 Å². The third-order valence-corrected chi connectivity index (χ3v) is 5.77. The van der Waals surface area contributed by atoms with E-state index >= 15 is 0 Å². The predicted molar refractivity (Wildman–Crippen MR) is 134 cm³/mol. The molecule has 0 spiro atoms. The molecule has 0 bridgehead atoms. The molecule has 8 nitrogen and oxygen atoms in total. The number of nitrogens with zero attached hydrogens (tertiary/aromatic N) is 2. The SMILES string of the molecule is C=CCSc1ccccc1NC(=O)CN(CC(C)C)c1c(N)n(CCCC)c(=O)[nH]c1=O. The van der Waals surface area contributed by atoms with Gasteiger partial charge in [0.1, 0.15) is 11.5 Å². The molecular formula is C23H33N5O3S. The zero-order valence-electron chi connectivity index (χ0n) is 19.0. The van der Waals surface area contributed by atoms with Crippen molar-refractivity contribution in [3.63, 3.8) is 0 Å². The molecule has 0 unspecified atom stereocenters. The summed E-state index contributed by atoms with van der Waals surface area (Å²) in [5.74, 6) is 0.690. The van der Waals surface area contributed by atoms with E-state index in [0.717, 1.165) is 23.5 Å². The number of H-pyrrole nitrogens is 1. The number of hydrogen-bond donors (Lipinski definition) is 3. The summed E-state index contributed by atoms with van der Waals surface area (Å²) in [5.41, 5.74) is 5.99. The van der Waals surface area contributed by atoms with Crippen molar-refractivity contribution < 1.29 is 4.79 Å². The summed E-state index contributed by atoms with van der Waals surface area (Å²) in [6.45, 7) is 10.5. The molecule has 4 N–H and O–H groups in total. The van der Waals surface area contributed by atoms with Crippen LogP contribution in [0.25, 0.3) is 0 Å². The molecule has 2 rings (SSSR count). The first-order valence-corrected chi connectivity index (χ1v) is 11.8. The largest absolute Gasteiger partial charge is 0.383 e. The second kappa shape index (κ2) is 12.2. The van der Waals surface area contributed by atoms with Crippen LogP contribution in [0, 0.1) is 5.92 Å². The highest BCUT2D eigenvalue weighted by molar-refractivity contribution is 7.99. The number of para-hydroxylation sites is 1. The van der Waals surface area contributed by atoms with Crippen LogP contribution in [0.2, 0.25) is 0 Å². The van der Waals surface area contributed by atoms with Gasteiger partial charge in [-0.2, -0.15) is 0 Å². The lowest BCUT2D eigenvalue weighted by Crippen LogP contribution is -2.43. The number of anilines is 3. The summed E-state index contributed by atoms with van der Waals surface area (Å²) in [4.78, 5) is 42.8. The minimum absolute atomic E-state index is 0.0715. The van der Waals surface area contributed by atoms with Gasteiger partial charge in [0.05, 0.1) is 12.2 Å². The molecule has 1 aromatic heterocycles. The Kier molecular flexibility index (Phi) is 9.64. The van der Waals surface area contributed by atoms with E-state index in [1.807, 2.05) is 45.0 Å². The molecule has 2 aromatic rings. The zero-order chi connectivity index (χ0) is 23.7. The molecule has 0 aliphatic heterocycles. The highest BCUT2D eigenvalue weighted by Crippen LogP contribution is 2.27. The number of aromatic nitrogens is 2. The first-order valence-electron chi connectivity index (χ1n) is 10.8. The number of amides is 1.